The number of halogens is 1. The lowest BCUT2D eigenvalue weighted by atomic mass is 10.1. The van der Waals surface area contributed by atoms with E-state index < -0.39 is 6.09 Å². The number of rotatable bonds is 10. The molecule has 0 aliphatic heterocycles. The summed E-state index contributed by atoms with van der Waals surface area (Å²) in [5.41, 5.74) is 0.693. The molecule has 0 bridgehead atoms. The minimum Gasteiger partial charge on any atom is -0.447 e. The van der Waals surface area contributed by atoms with Crippen LogP contribution in [0.15, 0.2) is 42.5 Å². The van der Waals surface area contributed by atoms with Gasteiger partial charge in [0, 0.05) is 17.8 Å². The monoisotopic (exact) mass is 391 g/mol. The molecular formula is C20H26ClN3O3. The van der Waals surface area contributed by atoms with Crippen LogP contribution in [0.5, 0.6) is 0 Å². The zero-order chi connectivity index (χ0) is 19.3. The van der Waals surface area contributed by atoms with E-state index in [4.69, 9.17) is 16.3 Å². The van der Waals surface area contributed by atoms with Crippen LogP contribution in [-0.4, -0.2) is 37.7 Å². The average Bonchev–Trinajstić information content (AvgIpc) is 2.68. The fraction of sp³-hybridized carbons (Fsp3) is 0.400. The smallest absolute Gasteiger partial charge is 0.411 e. The Morgan fingerprint density at radius 3 is 2.48 bits per heavy atom. The molecule has 0 aliphatic rings. The van der Waals surface area contributed by atoms with E-state index in [2.05, 4.69) is 16.0 Å². The number of amides is 3. The number of urea groups is 1. The maximum absolute atomic E-state index is 11.9. The SMILES string of the molecule is O=C(NCCCCCCCl)NCCOC(=O)Nc1cccc2ccccc12. The average molecular weight is 392 g/mol. The highest BCUT2D eigenvalue weighted by Crippen LogP contribution is 2.22. The summed E-state index contributed by atoms with van der Waals surface area (Å²) in [4.78, 5) is 23.5. The number of carbonyl (C=O) groups excluding carboxylic acids is 2. The first-order valence-corrected chi connectivity index (χ1v) is 9.73. The second-order valence-corrected chi connectivity index (χ2v) is 6.45. The lowest BCUT2D eigenvalue weighted by molar-refractivity contribution is 0.162. The first-order chi connectivity index (χ1) is 13.2. The fourth-order valence-corrected chi connectivity index (χ4v) is 2.82. The van der Waals surface area contributed by atoms with Crippen molar-refractivity contribution in [1.82, 2.24) is 10.6 Å². The van der Waals surface area contributed by atoms with Crippen molar-refractivity contribution >= 4 is 40.2 Å². The van der Waals surface area contributed by atoms with Crippen LogP contribution in [0.3, 0.4) is 0 Å². The van der Waals surface area contributed by atoms with Crippen molar-refractivity contribution < 1.29 is 14.3 Å². The summed E-state index contributed by atoms with van der Waals surface area (Å²) in [6.45, 7) is 0.970. The van der Waals surface area contributed by atoms with Gasteiger partial charge in [-0.1, -0.05) is 49.2 Å². The van der Waals surface area contributed by atoms with Crippen molar-refractivity contribution in [2.24, 2.45) is 0 Å². The molecule has 6 nitrogen and oxygen atoms in total. The second-order valence-electron chi connectivity index (χ2n) is 6.07. The third-order valence-corrected chi connectivity index (χ3v) is 4.26. The Morgan fingerprint density at radius 1 is 0.889 bits per heavy atom. The van der Waals surface area contributed by atoms with Crippen molar-refractivity contribution in [3.8, 4) is 0 Å². The van der Waals surface area contributed by atoms with Gasteiger partial charge in [0.25, 0.3) is 0 Å². The van der Waals surface area contributed by atoms with Crippen LogP contribution < -0.4 is 16.0 Å². The normalized spacial score (nSPS) is 10.4. The highest BCUT2D eigenvalue weighted by molar-refractivity contribution is 6.17. The van der Waals surface area contributed by atoms with Crippen LogP contribution >= 0.6 is 11.6 Å². The van der Waals surface area contributed by atoms with E-state index in [0.717, 1.165) is 36.5 Å². The highest BCUT2D eigenvalue weighted by Gasteiger charge is 2.06. The van der Waals surface area contributed by atoms with Gasteiger partial charge in [-0.3, -0.25) is 5.32 Å². The second kappa shape index (κ2) is 12.0. The molecule has 7 heteroatoms. The van der Waals surface area contributed by atoms with Gasteiger partial charge in [-0.25, -0.2) is 9.59 Å². The molecule has 2 aromatic rings. The molecular weight excluding hydrogens is 366 g/mol. The van der Waals surface area contributed by atoms with E-state index in [1.807, 2.05) is 42.5 Å². The maximum Gasteiger partial charge on any atom is 0.411 e. The summed E-state index contributed by atoms with van der Waals surface area (Å²) in [7, 11) is 0. The van der Waals surface area contributed by atoms with Crippen LogP contribution in [-0.2, 0) is 4.74 Å². The number of carbonyl (C=O) groups is 2. The summed E-state index contributed by atoms with van der Waals surface area (Å²) in [6, 6.07) is 13.2. The van der Waals surface area contributed by atoms with E-state index in [-0.39, 0.29) is 19.2 Å². The highest BCUT2D eigenvalue weighted by atomic mass is 35.5. The summed E-state index contributed by atoms with van der Waals surface area (Å²) in [6.07, 6.45) is 3.50. The van der Waals surface area contributed by atoms with Crippen LogP contribution in [0.25, 0.3) is 10.8 Å². The first kappa shape index (κ1) is 20.8. The summed E-state index contributed by atoms with van der Waals surface area (Å²) in [5, 5.41) is 10.1. The number of hydrogen-bond donors (Lipinski definition) is 3. The van der Waals surface area contributed by atoms with E-state index in [1.54, 1.807) is 0 Å². The van der Waals surface area contributed by atoms with Crippen LogP contribution in [0.2, 0.25) is 0 Å². The van der Waals surface area contributed by atoms with E-state index in [0.29, 0.717) is 18.1 Å². The van der Waals surface area contributed by atoms with Gasteiger partial charge in [-0.2, -0.15) is 0 Å². The molecule has 0 aromatic heterocycles. The molecule has 0 atom stereocenters. The zero-order valence-corrected chi connectivity index (χ0v) is 16.1. The molecule has 146 valence electrons. The molecule has 0 fully saturated rings. The van der Waals surface area contributed by atoms with Gasteiger partial charge in [0.1, 0.15) is 6.61 Å². The van der Waals surface area contributed by atoms with Gasteiger partial charge in [0.2, 0.25) is 0 Å². The number of anilines is 1. The lowest BCUT2D eigenvalue weighted by Crippen LogP contribution is -2.38. The van der Waals surface area contributed by atoms with Crippen molar-refractivity contribution in [3.05, 3.63) is 42.5 Å². The molecule has 0 saturated carbocycles. The lowest BCUT2D eigenvalue weighted by Gasteiger charge is -2.10. The number of alkyl halides is 1. The van der Waals surface area contributed by atoms with Gasteiger partial charge in [-0.05, 0) is 24.3 Å². The Hall–Kier alpha value is -2.47. The fourth-order valence-electron chi connectivity index (χ4n) is 2.63. The Kier molecular flexibility index (Phi) is 9.27. The molecule has 27 heavy (non-hydrogen) atoms. The maximum atomic E-state index is 11.9. The molecule has 3 amide bonds. The number of hydrogen-bond acceptors (Lipinski definition) is 3. The van der Waals surface area contributed by atoms with E-state index in [1.165, 1.54) is 0 Å². The van der Waals surface area contributed by atoms with Gasteiger partial charge in [-0.15, -0.1) is 11.6 Å². The predicted octanol–water partition coefficient (Wildman–Crippen LogP) is 4.49. The number of nitrogens with one attached hydrogen (secondary N) is 3. The minimum atomic E-state index is -0.548. The van der Waals surface area contributed by atoms with Gasteiger partial charge >= 0.3 is 12.1 Å². The summed E-state index contributed by atoms with van der Waals surface area (Å²) < 4.78 is 5.11. The van der Waals surface area contributed by atoms with Crippen LogP contribution in [0.4, 0.5) is 15.3 Å². The minimum absolute atomic E-state index is 0.0970. The van der Waals surface area contributed by atoms with Crippen molar-refractivity contribution in [1.29, 1.82) is 0 Å². The number of unbranched alkanes of at least 4 members (excludes halogenated alkanes) is 3. The van der Waals surface area contributed by atoms with E-state index >= 15 is 0 Å². The third kappa shape index (κ3) is 7.74. The molecule has 0 unspecified atom stereocenters. The number of benzene rings is 2. The Morgan fingerprint density at radius 2 is 1.63 bits per heavy atom. The summed E-state index contributed by atoms with van der Waals surface area (Å²) >= 11 is 5.61. The van der Waals surface area contributed by atoms with Crippen molar-refractivity contribution in [3.63, 3.8) is 0 Å². The van der Waals surface area contributed by atoms with Crippen LogP contribution in [0, 0.1) is 0 Å². The molecule has 0 spiro atoms. The third-order valence-electron chi connectivity index (χ3n) is 3.99. The number of fused-ring (bicyclic) bond motifs is 1. The van der Waals surface area contributed by atoms with Gasteiger partial charge < -0.3 is 15.4 Å². The number of ether oxygens (including phenoxy) is 1. The van der Waals surface area contributed by atoms with Gasteiger partial charge in [0.05, 0.1) is 12.2 Å². The Balaban J connectivity index is 1.60. The summed E-state index contributed by atoms with van der Waals surface area (Å²) in [5.74, 6) is 0.683. The quantitative estimate of drug-likeness (QED) is 0.412. The van der Waals surface area contributed by atoms with E-state index in [9.17, 15) is 9.59 Å². The van der Waals surface area contributed by atoms with Crippen molar-refractivity contribution in [2.75, 3.05) is 30.9 Å². The van der Waals surface area contributed by atoms with Gasteiger partial charge in [0.15, 0.2) is 0 Å². The van der Waals surface area contributed by atoms with Crippen molar-refractivity contribution in [2.45, 2.75) is 25.7 Å². The molecule has 0 saturated heterocycles. The zero-order valence-electron chi connectivity index (χ0n) is 15.3. The van der Waals surface area contributed by atoms with Crippen LogP contribution in [0.1, 0.15) is 25.7 Å². The standard InChI is InChI=1S/C20H26ClN3O3/c21-12-5-1-2-6-13-22-19(25)23-14-15-27-20(26)24-18-11-7-9-16-8-3-4-10-17(16)18/h3-4,7-11H,1-2,5-6,12-15H2,(H,24,26)(H2,22,23,25). The molecule has 0 heterocycles. The first-order valence-electron chi connectivity index (χ1n) is 9.20. The Bertz CT molecular complexity index is 734. The largest absolute Gasteiger partial charge is 0.447 e. The molecule has 3 N–H and O–H groups in total. The molecule has 0 radical (unpaired) electrons. The molecule has 2 rings (SSSR count). The topological polar surface area (TPSA) is 79.5 Å². The predicted molar refractivity (Wildman–Crippen MR) is 110 cm³/mol. The molecule has 0 aliphatic carbocycles. The molecule has 2 aromatic carbocycles. The Labute approximate surface area is 164 Å².